The second kappa shape index (κ2) is 18.1. The molecule has 5 atom stereocenters. The molecule has 2 amide bonds. The van der Waals surface area contributed by atoms with Gasteiger partial charge in [-0.3, -0.25) is 23.2 Å². The minimum Gasteiger partial charge on any atom is -0.480 e. The number of hydrogen-bond acceptors (Lipinski definition) is 15. The van der Waals surface area contributed by atoms with Crippen LogP contribution in [-0.2, 0) is 58.2 Å². The van der Waals surface area contributed by atoms with E-state index in [1.54, 1.807) is 0 Å². The number of imidazole rings is 1. The van der Waals surface area contributed by atoms with Gasteiger partial charge in [0.2, 0.25) is 5.91 Å². The van der Waals surface area contributed by atoms with E-state index in [9.17, 15) is 28.8 Å². The number of phosphoric ester groups is 1. The number of esters is 1. The van der Waals surface area contributed by atoms with Gasteiger partial charge in [-0.1, -0.05) is 49.1 Å². The van der Waals surface area contributed by atoms with Gasteiger partial charge in [0.05, 0.1) is 26.0 Å². The average Bonchev–Trinajstić information content (AvgIpc) is 3.69. The Balaban J connectivity index is 1.47. The van der Waals surface area contributed by atoms with Crippen LogP contribution >= 0.6 is 7.82 Å². The number of phosphoric acid groups is 1. The number of aliphatic carboxylic acids is 1. The maximum atomic E-state index is 13.5. The Morgan fingerprint density at radius 2 is 1.88 bits per heavy atom. The number of amides is 2. The van der Waals surface area contributed by atoms with E-state index in [0.29, 0.717) is 0 Å². The third-order valence-electron chi connectivity index (χ3n) is 6.68. The molecule has 268 valence electrons. The van der Waals surface area contributed by atoms with Gasteiger partial charge in [0, 0.05) is 13.3 Å². The summed E-state index contributed by atoms with van der Waals surface area (Å²) in [5.41, 5.74) is 1.36. The molecule has 0 saturated carbocycles. The van der Waals surface area contributed by atoms with Gasteiger partial charge >= 0.3 is 25.9 Å². The SMILES string of the molecule is C=CCOOP(=O)(OC[C@H](NC(=O)OCC=C)C(=O)O)OC[C@H]1O[C@@H](n2cnc3c(NC(=O)Cc4ccccc4)ncnc32)C[C@@H]1OC(C)=O. The summed E-state index contributed by atoms with van der Waals surface area (Å²) in [7, 11) is -4.73. The van der Waals surface area contributed by atoms with Crippen LogP contribution in [0.25, 0.3) is 11.2 Å². The standard InChI is InChI=1S/C30H35N6O13P/c1-4-11-43-30(41)34-21(29(39)40)15-45-50(42,49-44-12-5-2)46-16-23-22(47-19(3)37)14-25(48-23)36-18-33-26-27(31-17-32-28(26)36)35-24(38)13-20-9-7-6-8-10-20/h4-10,17-18,21-23,25H,1-2,11-16H2,3H3,(H,34,41)(H,39,40)(H,31,32,35,38)/t21-,22-,23+,25+,50?/m0/s1. The summed E-state index contributed by atoms with van der Waals surface area (Å²) in [4.78, 5) is 65.8. The summed E-state index contributed by atoms with van der Waals surface area (Å²) >= 11 is 0. The van der Waals surface area contributed by atoms with E-state index < -0.39 is 63.5 Å². The van der Waals surface area contributed by atoms with E-state index in [1.807, 2.05) is 35.6 Å². The number of carboxylic acid groups (broad SMARTS) is 1. The third-order valence-corrected chi connectivity index (χ3v) is 7.90. The highest BCUT2D eigenvalue weighted by Crippen LogP contribution is 2.50. The van der Waals surface area contributed by atoms with Crippen molar-refractivity contribution in [2.75, 3.05) is 31.7 Å². The summed E-state index contributed by atoms with van der Waals surface area (Å²) in [6, 6.07) is 7.40. The molecule has 20 heteroatoms. The zero-order chi connectivity index (χ0) is 36.1. The first-order chi connectivity index (χ1) is 24.0. The van der Waals surface area contributed by atoms with Gasteiger partial charge in [-0.15, -0.1) is 11.3 Å². The molecular weight excluding hydrogens is 683 g/mol. The first kappa shape index (κ1) is 37.8. The number of rotatable bonds is 19. The van der Waals surface area contributed by atoms with Crippen molar-refractivity contribution in [1.29, 1.82) is 0 Å². The zero-order valence-electron chi connectivity index (χ0n) is 26.7. The summed E-state index contributed by atoms with van der Waals surface area (Å²) < 4.78 is 46.7. The number of ether oxygens (including phenoxy) is 3. The molecule has 19 nitrogen and oxygen atoms in total. The number of carbonyl (C=O) groups excluding carboxylic acids is 3. The van der Waals surface area contributed by atoms with E-state index in [2.05, 4.69) is 33.4 Å². The van der Waals surface area contributed by atoms with Gasteiger partial charge < -0.3 is 30.0 Å². The summed E-state index contributed by atoms with van der Waals surface area (Å²) in [5, 5.41) is 14.3. The molecule has 3 N–H and O–H groups in total. The van der Waals surface area contributed by atoms with Crippen LogP contribution in [0.15, 0.2) is 68.3 Å². The van der Waals surface area contributed by atoms with Crippen molar-refractivity contribution in [2.24, 2.45) is 0 Å². The van der Waals surface area contributed by atoms with Crippen LogP contribution in [0, 0.1) is 0 Å². The number of nitrogens with one attached hydrogen (secondary N) is 2. The Morgan fingerprint density at radius 3 is 2.58 bits per heavy atom. The van der Waals surface area contributed by atoms with Crippen LogP contribution < -0.4 is 10.6 Å². The minimum absolute atomic E-state index is 0.0651. The maximum absolute atomic E-state index is 13.5. The predicted molar refractivity (Wildman–Crippen MR) is 171 cm³/mol. The molecule has 1 aliphatic heterocycles. The van der Waals surface area contributed by atoms with Crippen LogP contribution in [0.3, 0.4) is 0 Å². The highest BCUT2D eigenvalue weighted by Gasteiger charge is 2.42. The van der Waals surface area contributed by atoms with Crippen LogP contribution in [0.4, 0.5) is 10.6 Å². The fourth-order valence-electron chi connectivity index (χ4n) is 4.52. The maximum Gasteiger partial charge on any atom is 0.502 e. The van der Waals surface area contributed by atoms with Gasteiger partial charge in [0.1, 0.15) is 38.0 Å². The van der Waals surface area contributed by atoms with E-state index >= 15 is 0 Å². The fourth-order valence-corrected chi connectivity index (χ4v) is 5.53. The minimum atomic E-state index is -4.73. The number of carbonyl (C=O) groups is 4. The van der Waals surface area contributed by atoms with Crippen molar-refractivity contribution in [3.63, 3.8) is 0 Å². The Morgan fingerprint density at radius 1 is 1.12 bits per heavy atom. The van der Waals surface area contributed by atoms with Gasteiger partial charge in [0.25, 0.3) is 0 Å². The summed E-state index contributed by atoms with van der Waals surface area (Å²) in [6.45, 7) is 6.09. The largest absolute Gasteiger partial charge is 0.502 e. The van der Waals surface area contributed by atoms with Gasteiger partial charge in [-0.25, -0.2) is 34.0 Å². The lowest BCUT2D eigenvalue weighted by atomic mass is 10.1. The fraction of sp³-hybridized carbons (Fsp3) is 0.367. The number of anilines is 1. The van der Waals surface area contributed by atoms with E-state index in [4.69, 9.17) is 32.8 Å². The van der Waals surface area contributed by atoms with Gasteiger partial charge in [0.15, 0.2) is 23.0 Å². The van der Waals surface area contributed by atoms with Crippen LogP contribution in [-0.4, -0.2) is 93.2 Å². The number of aromatic nitrogens is 4. The van der Waals surface area contributed by atoms with Gasteiger partial charge in [-0.05, 0) is 5.56 Å². The van der Waals surface area contributed by atoms with E-state index in [-0.39, 0.29) is 48.9 Å². The molecule has 50 heavy (non-hydrogen) atoms. The van der Waals surface area contributed by atoms with Gasteiger partial charge in [-0.2, -0.15) is 0 Å². The molecule has 0 bridgehead atoms. The molecular formula is C30H35N6O13P. The second-order valence-corrected chi connectivity index (χ2v) is 11.9. The first-order valence-corrected chi connectivity index (χ1v) is 16.4. The molecule has 1 fully saturated rings. The smallest absolute Gasteiger partial charge is 0.480 e. The molecule has 0 aliphatic carbocycles. The van der Waals surface area contributed by atoms with Crippen molar-refractivity contribution in [1.82, 2.24) is 24.8 Å². The van der Waals surface area contributed by atoms with Crippen molar-refractivity contribution in [3.05, 3.63) is 73.9 Å². The first-order valence-electron chi connectivity index (χ1n) is 14.9. The Bertz CT molecular complexity index is 1720. The lowest BCUT2D eigenvalue weighted by Gasteiger charge is -2.22. The molecule has 2 aromatic heterocycles. The summed E-state index contributed by atoms with van der Waals surface area (Å²) in [5.74, 6) is -2.35. The van der Waals surface area contributed by atoms with E-state index in [0.717, 1.165) is 5.56 Å². The second-order valence-electron chi connectivity index (χ2n) is 10.4. The van der Waals surface area contributed by atoms with Crippen LogP contribution in [0.5, 0.6) is 0 Å². The Labute approximate surface area is 285 Å². The Hall–Kier alpha value is -5.04. The monoisotopic (exact) mass is 718 g/mol. The third kappa shape index (κ3) is 10.7. The topological polar surface area (TPSA) is 238 Å². The molecule has 3 heterocycles. The lowest BCUT2D eigenvalue weighted by molar-refractivity contribution is -0.219. The molecule has 0 spiro atoms. The number of nitrogens with zero attached hydrogens (tertiary/aromatic N) is 4. The number of carboxylic acids is 1. The molecule has 3 aromatic rings. The molecule has 1 aliphatic rings. The number of hydrogen-bond donors (Lipinski definition) is 3. The van der Waals surface area contributed by atoms with Crippen molar-refractivity contribution in [3.8, 4) is 0 Å². The zero-order valence-corrected chi connectivity index (χ0v) is 27.6. The normalized spacial score (nSPS) is 18.8. The molecule has 1 aromatic carbocycles. The molecule has 1 unspecified atom stereocenters. The van der Waals surface area contributed by atoms with Crippen molar-refractivity contribution < 1.29 is 61.7 Å². The highest BCUT2D eigenvalue weighted by molar-refractivity contribution is 7.48. The molecule has 4 rings (SSSR count). The number of alkyl carbamates (subject to hydrolysis) is 1. The number of benzene rings is 1. The van der Waals surface area contributed by atoms with Crippen molar-refractivity contribution in [2.45, 2.75) is 44.2 Å². The van der Waals surface area contributed by atoms with Crippen LogP contribution in [0.1, 0.15) is 25.1 Å². The quantitative estimate of drug-likeness (QED) is 0.0403. The van der Waals surface area contributed by atoms with Crippen LogP contribution in [0.2, 0.25) is 0 Å². The predicted octanol–water partition coefficient (Wildman–Crippen LogP) is 2.87. The van der Waals surface area contributed by atoms with E-state index in [1.165, 1.54) is 36.3 Å². The average molecular weight is 719 g/mol. The highest BCUT2D eigenvalue weighted by atomic mass is 31.2. The lowest BCUT2D eigenvalue weighted by Crippen LogP contribution is -2.44. The van der Waals surface area contributed by atoms with Crippen molar-refractivity contribution >= 4 is 48.7 Å². The molecule has 0 radical (unpaired) electrons. The molecule has 1 saturated heterocycles. The number of fused-ring (bicyclic) bond motifs is 1. The summed E-state index contributed by atoms with van der Waals surface area (Å²) in [6.07, 6.45) is 1.39. The Kier molecular flexibility index (Phi) is 13.7.